The van der Waals surface area contributed by atoms with Gasteiger partial charge < -0.3 is 4.74 Å². The molecule has 78 valence electrons. The first-order valence-electron chi connectivity index (χ1n) is 4.92. The summed E-state index contributed by atoms with van der Waals surface area (Å²) in [7, 11) is 1.69. The number of fused-ring (bicyclic) bond motifs is 1. The molecule has 0 bridgehead atoms. The zero-order chi connectivity index (χ0) is 10.8. The summed E-state index contributed by atoms with van der Waals surface area (Å²) in [5.74, 6) is 0. The van der Waals surface area contributed by atoms with Crippen molar-refractivity contribution < 1.29 is 4.74 Å². The van der Waals surface area contributed by atoms with Gasteiger partial charge in [-0.3, -0.25) is 9.97 Å². The summed E-state index contributed by atoms with van der Waals surface area (Å²) < 4.78 is 5.08. The Bertz CT molecular complexity index is 494. The molecule has 15 heavy (non-hydrogen) atoms. The molecule has 0 aliphatic heterocycles. The first-order chi connectivity index (χ1) is 7.20. The Balaban J connectivity index is 2.60. The van der Waals surface area contributed by atoms with E-state index in [1.807, 2.05) is 20.0 Å². The van der Waals surface area contributed by atoms with Crippen molar-refractivity contribution in [2.75, 3.05) is 7.11 Å². The van der Waals surface area contributed by atoms with Crippen LogP contribution in [0.3, 0.4) is 0 Å². The molecule has 2 heterocycles. The van der Waals surface area contributed by atoms with Crippen molar-refractivity contribution in [3.63, 3.8) is 0 Å². The second-order valence-corrected chi connectivity index (χ2v) is 3.70. The number of hydrogen-bond acceptors (Lipinski definition) is 3. The Morgan fingerprint density at radius 1 is 1.27 bits per heavy atom. The van der Waals surface area contributed by atoms with Gasteiger partial charge in [0.15, 0.2) is 0 Å². The molecule has 0 N–H and O–H groups in total. The molecule has 2 aromatic heterocycles. The minimum Gasteiger partial charge on any atom is -0.380 e. The Morgan fingerprint density at radius 3 is 2.80 bits per heavy atom. The third kappa shape index (κ3) is 1.97. The summed E-state index contributed by atoms with van der Waals surface area (Å²) in [6.45, 7) is 4.58. The van der Waals surface area contributed by atoms with Crippen LogP contribution in [-0.2, 0) is 11.3 Å². The molecule has 0 fully saturated rings. The summed E-state index contributed by atoms with van der Waals surface area (Å²) in [6, 6.07) is 4.15. The van der Waals surface area contributed by atoms with E-state index < -0.39 is 0 Å². The zero-order valence-electron chi connectivity index (χ0n) is 9.24. The maximum absolute atomic E-state index is 5.08. The van der Waals surface area contributed by atoms with Crippen LogP contribution in [-0.4, -0.2) is 17.1 Å². The van der Waals surface area contributed by atoms with Gasteiger partial charge >= 0.3 is 0 Å². The fourth-order valence-electron chi connectivity index (χ4n) is 1.76. The molecule has 3 nitrogen and oxygen atoms in total. The van der Waals surface area contributed by atoms with E-state index in [4.69, 9.17) is 4.74 Å². The van der Waals surface area contributed by atoms with Crippen molar-refractivity contribution in [2.45, 2.75) is 20.5 Å². The van der Waals surface area contributed by atoms with Gasteiger partial charge in [0.1, 0.15) is 0 Å². The molecule has 0 saturated carbocycles. The molecule has 0 spiro atoms. The van der Waals surface area contributed by atoms with Crippen molar-refractivity contribution in [1.82, 2.24) is 9.97 Å². The minimum absolute atomic E-state index is 0.601. The molecule has 0 aliphatic carbocycles. The van der Waals surface area contributed by atoms with Gasteiger partial charge in [-0.2, -0.15) is 0 Å². The first kappa shape index (κ1) is 10.1. The van der Waals surface area contributed by atoms with Gasteiger partial charge in [-0.1, -0.05) is 0 Å². The van der Waals surface area contributed by atoms with Crippen LogP contribution in [0.1, 0.15) is 17.0 Å². The average molecular weight is 202 g/mol. The number of pyridine rings is 2. The Hall–Kier alpha value is -1.48. The van der Waals surface area contributed by atoms with E-state index >= 15 is 0 Å². The molecule has 0 unspecified atom stereocenters. The lowest BCUT2D eigenvalue weighted by molar-refractivity contribution is 0.184. The first-order valence-corrected chi connectivity index (χ1v) is 4.92. The molecule has 3 heteroatoms. The van der Waals surface area contributed by atoms with Crippen LogP contribution in [0.15, 0.2) is 18.3 Å². The second kappa shape index (κ2) is 3.95. The Morgan fingerprint density at radius 2 is 2.07 bits per heavy atom. The monoisotopic (exact) mass is 202 g/mol. The molecule has 0 atom stereocenters. The maximum Gasteiger partial charge on any atom is 0.0914 e. The van der Waals surface area contributed by atoms with Gasteiger partial charge in [0.2, 0.25) is 0 Å². The van der Waals surface area contributed by atoms with Crippen LogP contribution in [0.4, 0.5) is 0 Å². The smallest absolute Gasteiger partial charge is 0.0914 e. The molecule has 2 aromatic rings. The number of hydrogen-bond donors (Lipinski definition) is 0. The van der Waals surface area contributed by atoms with E-state index in [0.717, 1.165) is 27.9 Å². The molecular formula is C12H14N2O. The van der Waals surface area contributed by atoms with Gasteiger partial charge in [-0.15, -0.1) is 0 Å². The van der Waals surface area contributed by atoms with Crippen LogP contribution in [0, 0.1) is 13.8 Å². The standard InChI is InChI=1S/C12H14N2O/c1-8-4-11-5-10(7-15-3)6-13-12(11)9(2)14-8/h4-6H,7H2,1-3H3. The third-order valence-corrected chi connectivity index (χ3v) is 2.34. The number of aromatic nitrogens is 2. The second-order valence-electron chi connectivity index (χ2n) is 3.70. The van der Waals surface area contributed by atoms with Crippen molar-refractivity contribution in [1.29, 1.82) is 0 Å². The van der Waals surface area contributed by atoms with Crippen LogP contribution in [0.5, 0.6) is 0 Å². The maximum atomic E-state index is 5.08. The van der Waals surface area contributed by atoms with Crippen molar-refractivity contribution in [3.8, 4) is 0 Å². The lowest BCUT2D eigenvalue weighted by atomic mass is 10.1. The van der Waals surface area contributed by atoms with Gasteiger partial charge in [0, 0.05) is 24.4 Å². The van der Waals surface area contributed by atoms with Crippen LogP contribution in [0.25, 0.3) is 10.9 Å². The number of methoxy groups -OCH3 is 1. The van der Waals surface area contributed by atoms with Crippen LogP contribution in [0.2, 0.25) is 0 Å². The van der Waals surface area contributed by atoms with Crippen LogP contribution >= 0.6 is 0 Å². The number of aryl methyl sites for hydroxylation is 2. The van der Waals surface area contributed by atoms with E-state index in [9.17, 15) is 0 Å². The fourth-order valence-corrected chi connectivity index (χ4v) is 1.76. The van der Waals surface area contributed by atoms with E-state index in [0.29, 0.717) is 6.61 Å². The minimum atomic E-state index is 0.601. The lowest BCUT2D eigenvalue weighted by Gasteiger charge is -2.05. The summed E-state index contributed by atoms with van der Waals surface area (Å²) >= 11 is 0. The quantitative estimate of drug-likeness (QED) is 0.750. The highest BCUT2D eigenvalue weighted by Crippen LogP contribution is 2.17. The molecule has 0 amide bonds. The SMILES string of the molecule is COCc1cnc2c(C)nc(C)cc2c1. The van der Waals surface area contributed by atoms with Crippen molar-refractivity contribution in [3.05, 3.63) is 35.3 Å². The molecular weight excluding hydrogens is 188 g/mol. The van der Waals surface area contributed by atoms with Gasteiger partial charge in [-0.05, 0) is 31.5 Å². The predicted molar refractivity (Wildman–Crippen MR) is 59.7 cm³/mol. The molecule has 0 saturated heterocycles. The molecule has 0 radical (unpaired) electrons. The highest BCUT2D eigenvalue weighted by Gasteiger charge is 2.02. The van der Waals surface area contributed by atoms with Crippen molar-refractivity contribution in [2.24, 2.45) is 0 Å². The molecule has 0 aliphatic rings. The average Bonchev–Trinajstić information content (AvgIpc) is 2.17. The van der Waals surface area contributed by atoms with Crippen LogP contribution < -0.4 is 0 Å². The number of nitrogens with zero attached hydrogens (tertiary/aromatic N) is 2. The fraction of sp³-hybridized carbons (Fsp3) is 0.333. The van der Waals surface area contributed by atoms with E-state index in [-0.39, 0.29) is 0 Å². The zero-order valence-corrected chi connectivity index (χ0v) is 9.24. The summed E-state index contributed by atoms with van der Waals surface area (Å²) in [5.41, 5.74) is 4.07. The summed E-state index contributed by atoms with van der Waals surface area (Å²) in [5, 5.41) is 1.13. The van der Waals surface area contributed by atoms with E-state index in [1.54, 1.807) is 7.11 Å². The van der Waals surface area contributed by atoms with Gasteiger partial charge in [-0.25, -0.2) is 0 Å². The highest BCUT2D eigenvalue weighted by molar-refractivity contribution is 5.81. The Labute approximate surface area is 89.1 Å². The van der Waals surface area contributed by atoms with Crippen molar-refractivity contribution >= 4 is 10.9 Å². The van der Waals surface area contributed by atoms with E-state index in [2.05, 4.69) is 22.1 Å². The largest absolute Gasteiger partial charge is 0.380 e. The predicted octanol–water partition coefficient (Wildman–Crippen LogP) is 2.39. The normalized spacial score (nSPS) is 10.9. The third-order valence-electron chi connectivity index (χ3n) is 2.34. The Kier molecular flexibility index (Phi) is 2.64. The number of rotatable bonds is 2. The van der Waals surface area contributed by atoms with E-state index in [1.165, 1.54) is 0 Å². The number of ether oxygens (including phenoxy) is 1. The van der Waals surface area contributed by atoms with Gasteiger partial charge in [0.25, 0.3) is 0 Å². The van der Waals surface area contributed by atoms with Gasteiger partial charge in [0.05, 0.1) is 17.8 Å². The summed E-state index contributed by atoms with van der Waals surface area (Å²) in [4.78, 5) is 8.78. The topological polar surface area (TPSA) is 35.0 Å². The molecule has 0 aromatic carbocycles. The highest BCUT2D eigenvalue weighted by atomic mass is 16.5. The lowest BCUT2D eigenvalue weighted by Crippen LogP contribution is -1.94. The summed E-state index contributed by atoms with van der Waals surface area (Å²) in [6.07, 6.45) is 1.84. The molecule has 2 rings (SSSR count).